The summed E-state index contributed by atoms with van der Waals surface area (Å²) in [5, 5.41) is 20.2. The number of amides is 4. The molecule has 1 aromatic heterocycles. The summed E-state index contributed by atoms with van der Waals surface area (Å²) in [6.07, 6.45) is 4.65. The number of carbonyl (C=O) groups is 4. The zero-order chi connectivity index (χ0) is 36.4. The summed E-state index contributed by atoms with van der Waals surface area (Å²) < 4.78 is 0. The SMILES string of the molecule is N#Cc1n[nH]c2c(N3CCC[C@@H](c4ccc(N5CCC(CN6Cc7cc8c(cc7C6)C(=O)N(C6CCC(=O)NC6=O)C8=O)CC5)cc4)C3)ccc(Cl)c12. The molecular formula is C40H39ClN8O4. The number of benzene rings is 3. The normalized spacial score (nSPS) is 22.4. The van der Waals surface area contributed by atoms with Crippen LogP contribution in [0.5, 0.6) is 0 Å². The average molecular weight is 731 g/mol. The second-order valence-electron chi connectivity index (χ2n) is 15.1. The summed E-state index contributed by atoms with van der Waals surface area (Å²) in [4.78, 5) is 59.0. The van der Waals surface area contributed by atoms with Crippen LogP contribution in [0.25, 0.3) is 10.9 Å². The maximum absolute atomic E-state index is 13.3. The maximum Gasteiger partial charge on any atom is 0.262 e. The molecule has 53 heavy (non-hydrogen) atoms. The number of hydrogen-bond donors (Lipinski definition) is 2. The Morgan fingerprint density at radius 1 is 0.868 bits per heavy atom. The number of piperidine rings is 3. The number of nitrogens with zero attached hydrogens (tertiary/aromatic N) is 6. The van der Waals surface area contributed by atoms with E-state index in [1.807, 2.05) is 24.3 Å². The molecule has 12 nitrogen and oxygen atoms in total. The summed E-state index contributed by atoms with van der Waals surface area (Å²) in [5.41, 5.74) is 7.60. The minimum absolute atomic E-state index is 0.107. The van der Waals surface area contributed by atoms with Crippen molar-refractivity contribution in [2.45, 2.75) is 63.6 Å². The third-order valence-electron chi connectivity index (χ3n) is 11.9. The number of carbonyl (C=O) groups excluding carboxylic acids is 4. The van der Waals surface area contributed by atoms with Crippen molar-refractivity contribution in [1.29, 1.82) is 5.26 Å². The van der Waals surface area contributed by atoms with Crippen LogP contribution in [0.15, 0.2) is 48.5 Å². The van der Waals surface area contributed by atoms with E-state index in [1.54, 1.807) is 0 Å². The van der Waals surface area contributed by atoms with Crippen LogP contribution in [0, 0.1) is 17.2 Å². The van der Waals surface area contributed by atoms with Gasteiger partial charge >= 0.3 is 0 Å². The minimum Gasteiger partial charge on any atom is -0.372 e. The first kappa shape index (κ1) is 33.6. The number of rotatable bonds is 6. The van der Waals surface area contributed by atoms with E-state index in [9.17, 15) is 24.4 Å². The average Bonchev–Trinajstić information content (AvgIpc) is 3.85. The van der Waals surface area contributed by atoms with E-state index in [-0.39, 0.29) is 18.7 Å². The second kappa shape index (κ2) is 13.3. The van der Waals surface area contributed by atoms with Crippen molar-refractivity contribution in [2.75, 3.05) is 42.5 Å². The summed E-state index contributed by atoms with van der Waals surface area (Å²) in [6.45, 7) is 6.25. The predicted octanol–water partition coefficient (Wildman–Crippen LogP) is 5.11. The second-order valence-corrected chi connectivity index (χ2v) is 15.5. The Morgan fingerprint density at radius 3 is 2.26 bits per heavy atom. The standard InChI is InChI=1S/C40H39ClN8O4/c41-31-7-8-33(37-36(31)32(18-42)44-45-37)48-13-1-2-25(22-48)24-3-5-28(6-4-24)47-14-11-23(12-15-47)19-46-20-26-16-29-30(17-27(26)21-46)40(53)49(39(29)52)34-9-10-35(50)43-38(34)51/h3-8,16-17,23,25,34H,1-2,9-15,19-22H2,(H,44,45)(H,43,50,51)/t25-,34?/m1/s1. The highest BCUT2D eigenvalue weighted by atomic mass is 35.5. The number of fused-ring (bicyclic) bond motifs is 3. The molecule has 3 aromatic carbocycles. The Morgan fingerprint density at radius 2 is 1.58 bits per heavy atom. The molecule has 3 fully saturated rings. The predicted molar refractivity (Wildman–Crippen MR) is 199 cm³/mol. The van der Waals surface area contributed by atoms with Crippen LogP contribution < -0.4 is 15.1 Å². The molecule has 5 aliphatic heterocycles. The van der Waals surface area contributed by atoms with Gasteiger partial charge in [-0.05, 0) is 91.1 Å². The van der Waals surface area contributed by atoms with Crippen LogP contribution >= 0.6 is 11.6 Å². The van der Waals surface area contributed by atoms with Gasteiger partial charge in [-0.3, -0.25) is 39.4 Å². The van der Waals surface area contributed by atoms with Gasteiger partial charge in [-0.15, -0.1) is 0 Å². The molecule has 270 valence electrons. The van der Waals surface area contributed by atoms with Crippen LogP contribution in [0.4, 0.5) is 11.4 Å². The Labute approximate surface area is 311 Å². The lowest BCUT2D eigenvalue weighted by atomic mass is 9.89. The molecule has 1 unspecified atom stereocenters. The zero-order valence-corrected chi connectivity index (χ0v) is 30.0. The molecule has 6 heterocycles. The first-order valence-electron chi connectivity index (χ1n) is 18.5. The molecule has 2 atom stereocenters. The Hall–Kier alpha value is -5.25. The first-order valence-corrected chi connectivity index (χ1v) is 18.9. The van der Waals surface area contributed by atoms with Gasteiger partial charge < -0.3 is 9.80 Å². The van der Waals surface area contributed by atoms with Gasteiger partial charge in [0.15, 0.2) is 5.69 Å². The van der Waals surface area contributed by atoms with Crippen LogP contribution in [0.3, 0.4) is 0 Å². The van der Waals surface area contributed by atoms with Crippen molar-refractivity contribution in [1.82, 2.24) is 25.3 Å². The van der Waals surface area contributed by atoms with Gasteiger partial charge in [0, 0.05) is 63.8 Å². The molecule has 0 spiro atoms. The van der Waals surface area contributed by atoms with E-state index in [0.29, 0.717) is 39.1 Å². The van der Waals surface area contributed by atoms with Crippen LogP contribution in [0.1, 0.15) is 87.5 Å². The summed E-state index contributed by atoms with van der Waals surface area (Å²) in [5.74, 6) is -0.911. The topological polar surface area (TPSA) is 146 Å². The molecule has 0 saturated carbocycles. The monoisotopic (exact) mass is 730 g/mol. The molecule has 2 N–H and O–H groups in total. The summed E-state index contributed by atoms with van der Waals surface area (Å²) in [7, 11) is 0. The Bertz CT molecular complexity index is 2170. The smallest absolute Gasteiger partial charge is 0.262 e. The largest absolute Gasteiger partial charge is 0.372 e. The Kier molecular flexibility index (Phi) is 8.43. The lowest BCUT2D eigenvalue weighted by molar-refractivity contribution is -0.136. The quantitative estimate of drug-likeness (QED) is 0.259. The van der Waals surface area contributed by atoms with Crippen molar-refractivity contribution < 1.29 is 19.2 Å². The number of hydrogen-bond acceptors (Lipinski definition) is 9. The van der Waals surface area contributed by atoms with Gasteiger partial charge in [-0.2, -0.15) is 10.4 Å². The van der Waals surface area contributed by atoms with E-state index in [2.05, 4.69) is 60.5 Å². The molecule has 5 aliphatic rings. The van der Waals surface area contributed by atoms with E-state index in [1.165, 1.54) is 11.3 Å². The van der Waals surface area contributed by atoms with Crippen LogP contribution in [-0.2, 0) is 22.7 Å². The van der Waals surface area contributed by atoms with Crippen LogP contribution in [0.2, 0.25) is 5.02 Å². The first-order chi connectivity index (χ1) is 25.7. The van der Waals surface area contributed by atoms with Crippen LogP contribution in [-0.4, -0.2) is 82.4 Å². The fourth-order valence-electron chi connectivity index (χ4n) is 9.16. The van der Waals surface area contributed by atoms with Crippen molar-refractivity contribution in [3.05, 3.63) is 87.1 Å². The fraction of sp³-hybridized carbons (Fsp3) is 0.400. The molecule has 4 amide bonds. The maximum atomic E-state index is 13.3. The molecule has 0 bridgehead atoms. The van der Waals surface area contributed by atoms with Crippen molar-refractivity contribution in [3.8, 4) is 6.07 Å². The number of nitrogens with one attached hydrogen (secondary N) is 2. The van der Waals surface area contributed by atoms with Gasteiger partial charge in [0.25, 0.3) is 11.8 Å². The lowest BCUT2D eigenvalue weighted by Gasteiger charge is -2.36. The van der Waals surface area contributed by atoms with Gasteiger partial charge in [-0.25, -0.2) is 0 Å². The molecule has 0 aliphatic carbocycles. The van der Waals surface area contributed by atoms with E-state index in [0.717, 1.165) is 98.7 Å². The number of H-pyrrole nitrogens is 1. The molecular weight excluding hydrogens is 692 g/mol. The van der Waals surface area contributed by atoms with Crippen molar-refractivity contribution in [3.63, 3.8) is 0 Å². The summed E-state index contributed by atoms with van der Waals surface area (Å²) in [6, 6.07) is 17.9. The molecule has 3 saturated heterocycles. The highest BCUT2D eigenvalue weighted by Gasteiger charge is 2.45. The van der Waals surface area contributed by atoms with Gasteiger partial charge in [0.05, 0.1) is 32.7 Å². The number of anilines is 2. The highest BCUT2D eigenvalue weighted by Crippen LogP contribution is 2.38. The fourth-order valence-corrected chi connectivity index (χ4v) is 9.40. The number of aromatic nitrogens is 2. The lowest BCUT2D eigenvalue weighted by Crippen LogP contribution is -2.54. The van der Waals surface area contributed by atoms with Crippen molar-refractivity contribution in [2.24, 2.45) is 5.92 Å². The summed E-state index contributed by atoms with van der Waals surface area (Å²) >= 11 is 6.44. The van der Waals surface area contributed by atoms with Gasteiger partial charge in [-0.1, -0.05) is 23.7 Å². The zero-order valence-electron chi connectivity index (χ0n) is 29.2. The molecule has 0 radical (unpaired) electrons. The van der Waals surface area contributed by atoms with Gasteiger partial charge in [0.1, 0.15) is 12.1 Å². The minimum atomic E-state index is -0.949. The number of halogens is 1. The highest BCUT2D eigenvalue weighted by molar-refractivity contribution is 6.36. The van der Waals surface area contributed by atoms with E-state index in [4.69, 9.17) is 11.6 Å². The molecule has 13 heteroatoms. The Balaban J connectivity index is 0.790. The third-order valence-corrected chi connectivity index (χ3v) is 12.2. The van der Waals surface area contributed by atoms with Gasteiger partial charge in [0.2, 0.25) is 11.8 Å². The number of aromatic amines is 1. The van der Waals surface area contributed by atoms with Crippen molar-refractivity contribution >= 4 is 57.5 Å². The van der Waals surface area contributed by atoms with E-state index < -0.39 is 23.8 Å². The number of nitriles is 1. The number of imide groups is 2. The third kappa shape index (κ3) is 5.92. The molecule has 4 aromatic rings. The molecule has 9 rings (SSSR count). The van der Waals surface area contributed by atoms with E-state index >= 15 is 0 Å².